The molecule has 5 nitrogen and oxygen atoms in total. The summed E-state index contributed by atoms with van der Waals surface area (Å²) in [5.41, 5.74) is 4.46. The van der Waals surface area contributed by atoms with Crippen molar-refractivity contribution in [3.05, 3.63) is 53.7 Å². The first-order chi connectivity index (χ1) is 12.6. The third-order valence-corrected chi connectivity index (χ3v) is 5.48. The number of nitrogens with zero attached hydrogens (tertiary/aromatic N) is 3. The lowest BCUT2D eigenvalue weighted by Gasteiger charge is -2.22. The maximum Gasteiger partial charge on any atom is 0.252 e. The van der Waals surface area contributed by atoms with Gasteiger partial charge < -0.3 is 10.2 Å². The molecule has 1 N–H and O–H groups in total. The molecule has 0 saturated carbocycles. The van der Waals surface area contributed by atoms with Gasteiger partial charge in [-0.15, -0.1) is 11.8 Å². The first kappa shape index (κ1) is 17.0. The molecule has 0 fully saturated rings. The Labute approximate surface area is 156 Å². The number of amides is 1. The Morgan fingerprint density at radius 1 is 1.23 bits per heavy atom. The molecule has 0 aliphatic carbocycles. The van der Waals surface area contributed by atoms with Crippen LogP contribution in [0.3, 0.4) is 0 Å². The van der Waals surface area contributed by atoms with E-state index in [1.807, 2.05) is 50.5 Å². The second kappa shape index (κ2) is 7.05. The van der Waals surface area contributed by atoms with Crippen LogP contribution in [0.1, 0.15) is 15.9 Å². The van der Waals surface area contributed by atoms with Crippen LogP contribution in [0.5, 0.6) is 0 Å². The van der Waals surface area contributed by atoms with E-state index in [2.05, 4.69) is 15.2 Å². The molecule has 6 heteroatoms. The highest BCUT2D eigenvalue weighted by atomic mass is 32.2. The average Bonchev–Trinajstić information content (AvgIpc) is 2.65. The second-order valence-electron chi connectivity index (χ2n) is 6.54. The van der Waals surface area contributed by atoms with Crippen LogP contribution in [0, 0.1) is 0 Å². The third kappa shape index (κ3) is 3.06. The fourth-order valence-electron chi connectivity index (χ4n) is 3.18. The van der Waals surface area contributed by atoms with Gasteiger partial charge in [-0.2, -0.15) is 0 Å². The Morgan fingerprint density at radius 2 is 2.08 bits per heavy atom. The molecule has 0 bridgehead atoms. The van der Waals surface area contributed by atoms with Crippen LogP contribution in [0.4, 0.5) is 0 Å². The third-order valence-electron chi connectivity index (χ3n) is 4.44. The van der Waals surface area contributed by atoms with Gasteiger partial charge in [-0.25, -0.2) is 9.97 Å². The van der Waals surface area contributed by atoms with Crippen molar-refractivity contribution in [2.75, 3.05) is 27.2 Å². The molecule has 3 aromatic rings. The number of likely N-dealkylation sites (N-methyl/N-ethyl adjacent to an activating group) is 1. The lowest BCUT2D eigenvalue weighted by Crippen LogP contribution is -2.32. The predicted molar refractivity (Wildman–Crippen MR) is 105 cm³/mol. The SMILES string of the molecule is CN(C)CCNC(=O)c1c2c(nc3ccccc13)-c1cccnc1SC2. The van der Waals surface area contributed by atoms with Gasteiger partial charge in [0.15, 0.2) is 0 Å². The number of hydrogen-bond donors (Lipinski definition) is 1. The van der Waals surface area contributed by atoms with Gasteiger partial charge in [0.25, 0.3) is 5.91 Å². The lowest BCUT2D eigenvalue weighted by molar-refractivity contribution is 0.0952. The Balaban J connectivity index is 1.85. The number of hydrogen-bond acceptors (Lipinski definition) is 5. The largest absolute Gasteiger partial charge is 0.351 e. The summed E-state index contributed by atoms with van der Waals surface area (Å²) in [6, 6.07) is 11.8. The molecule has 26 heavy (non-hydrogen) atoms. The number of benzene rings is 1. The maximum absolute atomic E-state index is 13.0. The van der Waals surface area contributed by atoms with Crippen LogP contribution in [-0.2, 0) is 5.75 Å². The van der Waals surface area contributed by atoms with Gasteiger partial charge in [0.1, 0.15) is 5.03 Å². The first-order valence-corrected chi connectivity index (χ1v) is 9.56. The summed E-state index contributed by atoms with van der Waals surface area (Å²) >= 11 is 1.66. The highest BCUT2D eigenvalue weighted by Crippen LogP contribution is 2.42. The number of fused-ring (bicyclic) bond motifs is 4. The minimum absolute atomic E-state index is 0.0327. The number of thioether (sulfide) groups is 1. The van der Waals surface area contributed by atoms with Crippen molar-refractivity contribution in [1.29, 1.82) is 0 Å². The zero-order valence-electron chi connectivity index (χ0n) is 14.8. The molecule has 1 aliphatic heterocycles. The van der Waals surface area contributed by atoms with E-state index in [0.29, 0.717) is 12.3 Å². The summed E-state index contributed by atoms with van der Waals surface area (Å²) in [5.74, 6) is 0.669. The van der Waals surface area contributed by atoms with Crippen molar-refractivity contribution in [2.45, 2.75) is 10.8 Å². The summed E-state index contributed by atoms with van der Waals surface area (Å²) < 4.78 is 0. The molecular weight excluding hydrogens is 344 g/mol. The van der Waals surface area contributed by atoms with Crippen LogP contribution in [0.25, 0.3) is 22.2 Å². The molecule has 1 aliphatic rings. The number of carbonyl (C=O) groups excluding carboxylic acids is 1. The summed E-state index contributed by atoms with van der Waals surface area (Å²) in [7, 11) is 3.99. The quantitative estimate of drug-likeness (QED) is 0.770. The Bertz CT molecular complexity index is 987. The maximum atomic E-state index is 13.0. The number of pyridine rings is 2. The van der Waals surface area contributed by atoms with Crippen LogP contribution in [0.2, 0.25) is 0 Å². The van der Waals surface area contributed by atoms with Crippen molar-refractivity contribution >= 4 is 28.6 Å². The molecule has 0 saturated heterocycles. The Hall–Kier alpha value is -2.44. The molecular formula is C20H20N4OS. The molecule has 132 valence electrons. The molecule has 0 radical (unpaired) electrons. The molecule has 4 rings (SSSR count). The van der Waals surface area contributed by atoms with E-state index in [1.165, 1.54) is 0 Å². The first-order valence-electron chi connectivity index (χ1n) is 8.58. The van der Waals surface area contributed by atoms with Gasteiger partial charge in [0.2, 0.25) is 0 Å². The van der Waals surface area contributed by atoms with E-state index >= 15 is 0 Å². The number of carbonyl (C=O) groups is 1. The van der Waals surface area contributed by atoms with Gasteiger partial charge in [-0.1, -0.05) is 18.2 Å². The van der Waals surface area contributed by atoms with E-state index < -0.39 is 0 Å². The number of aromatic nitrogens is 2. The Morgan fingerprint density at radius 3 is 2.92 bits per heavy atom. The molecule has 1 amide bonds. The molecule has 0 spiro atoms. The zero-order chi connectivity index (χ0) is 18.1. The minimum atomic E-state index is -0.0327. The van der Waals surface area contributed by atoms with E-state index in [1.54, 1.807) is 18.0 Å². The van der Waals surface area contributed by atoms with Crippen molar-refractivity contribution < 1.29 is 4.79 Å². The van der Waals surface area contributed by atoms with Crippen LogP contribution in [0.15, 0.2) is 47.6 Å². The number of nitrogens with one attached hydrogen (secondary N) is 1. The van der Waals surface area contributed by atoms with Gasteiger partial charge in [0.05, 0.1) is 16.8 Å². The van der Waals surface area contributed by atoms with Gasteiger partial charge in [0, 0.05) is 41.6 Å². The van der Waals surface area contributed by atoms with E-state index in [-0.39, 0.29) is 5.91 Å². The molecule has 0 atom stereocenters. The topological polar surface area (TPSA) is 58.1 Å². The summed E-state index contributed by atoms with van der Waals surface area (Å²) in [6.07, 6.45) is 1.80. The summed E-state index contributed by atoms with van der Waals surface area (Å²) in [6.45, 7) is 1.42. The molecule has 0 unspecified atom stereocenters. The fraction of sp³-hybridized carbons (Fsp3) is 0.250. The van der Waals surface area contributed by atoms with Crippen LogP contribution in [-0.4, -0.2) is 48.0 Å². The number of rotatable bonds is 4. The lowest BCUT2D eigenvalue weighted by atomic mass is 9.97. The molecule has 2 aromatic heterocycles. The van der Waals surface area contributed by atoms with E-state index in [4.69, 9.17) is 4.98 Å². The fourth-order valence-corrected chi connectivity index (χ4v) is 4.20. The number of para-hydroxylation sites is 1. The van der Waals surface area contributed by atoms with Crippen LogP contribution < -0.4 is 5.32 Å². The smallest absolute Gasteiger partial charge is 0.252 e. The predicted octanol–water partition coefficient (Wildman–Crippen LogP) is 3.19. The normalized spacial score (nSPS) is 12.7. The highest BCUT2D eigenvalue weighted by molar-refractivity contribution is 7.98. The second-order valence-corrected chi connectivity index (χ2v) is 7.50. The van der Waals surface area contributed by atoms with Crippen LogP contribution >= 0.6 is 11.8 Å². The van der Waals surface area contributed by atoms with Gasteiger partial charge in [-0.05, 0) is 32.3 Å². The molecule has 3 heterocycles. The van der Waals surface area contributed by atoms with E-state index in [0.717, 1.165) is 44.9 Å². The summed E-state index contributed by atoms with van der Waals surface area (Å²) in [4.78, 5) is 24.4. The Kier molecular flexibility index (Phi) is 4.61. The van der Waals surface area contributed by atoms with Crippen molar-refractivity contribution in [3.8, 4) is 11.3 Å². The van der Waals surface area contributed by atoms with Crippen molar-refractivity contribution in [3.63, 3.8) is 0 Å². The standard InChI is InChI=1S/C20H20N4OS/c1-24(2)11-10-21-19(25)17-13-6-3-4-8-16(13)23-18-14-7-5-9-22-20(14)26-12-15(17)18/h3-9H,10-12H2,1-2H3,(H,21,25). The zero-order valence-corrected chi connectivity index (χ0v) is 15.6. The average molecular weight is 364 g/mol. The highest BCUT2D eigenvalue weighted by Gasteiger charge is 2.26. The monoisotopic (exact) mass is 364 g/mol. The summed E-state index contributed by atoms with van der Waals surface area (Å²) in [5, 5.41) is 4.94. The van der Waals surface area contributed by atoms with Gasteiger partial charge in [-0.3, -0.25) is 4.79 Å². The minimum Gasteiger partial charge on any atom is -0.351 e. The molecule has 1 aromatic carbocycles. The van der Waals surface area contributed by atoms with Crippen molar-refractivity contribution in [1.82, 2.24) is 20.2 Å². The van der Waals surface area contributed by atoms with Gasteiger partial charge >= 0.3 is 0 Å². The van der Waals surface area contributed by atoms with E-state index in [9.17, 15) is 4.79 Å². The van der Waals surface area contributed by atoms with Crippen molar-refractivity contribution in [2.24, 2.45) is 0 Å².